The van der Waals surface area contributed by atoms with Crippen molar-refractivity contribution in [2.24, 2.45) is 5.73 Å². The Kier molecular flexibility index (Phi) is 3.05. The molecule has 2 rings (SSSR count). The lowest BCUT2D eigenvalue weighted by Gasteiger charge is -2.10. The number of hydrogen-bond acceptors (Lipinski definition) is 3. The molecule has 4 heteroatoms. The first-order valence-electron chi connectivity index (χ1n) is 5.12. The average Bonchev–Trinajstić information content (AvgIpc) is 2.38. The molecule has 1 heterocycles. The molecule has 2 N–H and O–H groups in total. The minimum absolute atomic E-state index is 0.307. The van der Waals surface area contributed by atoms with Crippen molar-refractivity contribution in [2.75, 3.05) is 7.11 Å². The van der Waals surface area contributed by atoms with Crippen LogP contribution in [0, 0.1) is 0 Å². The zero-order chi connectivity index (χ0) is 12.3. The van der Waals surface area contributed by atoms with Crippen LogP contribution in [-0.4, -0.2) is 18.0 Å². The van der Waals surface area contributed by atoms with E-state index >= 15 is 0 Å². The van der Waals surface area contributed by atoms with Crippen molar-refractivity contribution in [1.82, 2.24) is 4.98 Å². The summed E-state index contributed by atoms with van der Waals surface area (Å²) >= 11 is 0. The van der Waals surface area contributed by atoms with Gasteiger partial charge in [0.2, 0.25) is 0 Å². The van der Waals surface area contributed by atoms with Gasteiger partial charge in [-0.3, -0.25) is 9.78 Å². The van der Waals surface area contributed by atoms with Crippen LogP contribution in [0.5, 0.6) is 5.75 Å². The quantitative estimate of drug-likeness (QED) is 0.871. The number of carbonyl (C=O) groups is 1. The topological polar surface area (TPSA) is 65.2 Å². The Morgan fingerprint density at radius 1 is 1.24 bits per heavy atom. The Hall–Kier alpha value is -2.36. The van der Waals surface area contributed by atoms with E-state index in [0.29, 0.717) is 17.0 Å². The summed E-state index contributed by atoms with van der Waals surface area (Å²) in [6.07, 6.45) is 1.59. The van der Waals surface area contributed by atoms with E-state index < -0.39 is 5.91 Å². The van der Waals surface area contributed by atoms with Gasteiger partial charge in [0.05, 0.1) is 12.8 Å². The SMILES string of the molecule is COc1ccnc(-c2ccccc2)c1C(N)=O. The highest BCUT2D eigenvalue weighted by molar-refractivity contribution is 6.01. The molecule has 0 aliphatic carbocycles. The number of primary amides is 1. The molecule has 0 aliphatic rings. The van der Waals surface area contributed by atoms with Gasteiger partial charge in [-0.25, -0.2) is 0 Å². The van der Waals surface area contributed by atoms with E-state index in [2.05, 4.69) is 4.98 Å². The van der Waals surface area contributed by atoms with Gasteiger partial charge in [-0.1, -0.05) is 30.3 Å². The molecule has 4 nitrogen and oxygen atoms in total. The standard InChI is InChI=1S/C13H12N2O2/c1-17-10-7-8-15-12(11(10)13(14)16)9-5-3-2-4-6-9/h2-8H,1H3,(H2,14,16). The van der Waals surface area contributed by atoms with Crippen LogP contribution in [0.15, 0.2) is 42.6 Å². The zero-order valence-electron chi connectivity index (χ0n) is 9.38. The van der Waals surface area contributed by atoms with Gasteiger partial charge in [0.25, 0.3) is 5.91 Å². The van der Waals surface area contributed by atoms with Gasteiger partial charge in [0.15, 0.2) is 0 Å². The molecule has 0 spiro atoms. The summed E-state index contributed by atoms with van der Waals surface area (Å²) in [4.78, 5) is 15.7. The number of methoxy groups -OCH3 is 1. The number of rotatable bonds is 3. The summed E-state index contributed by atoms with van der Waals surface area (Å²) in [5.74, 6) is -0.111. The second-order valence-electron chi connectivity index (χ2n) is 3.47. The van der Waals surface area contributed by atoms with Gasteiger partial charge in [0, 0.05) is 11.8 Å². The predicted octanol–water partition coefficient (Wildman–Crippen LogP) is 1.86. The maximum Gasteiger partial charge on any atom is 0.254 e. The van der Waals surface area contributed by atoms with Crippen LogP contribution in [0.4, 0.5) is 0 Å². The lowest BCUT2D eigenvalue weighted by Crippen LogP contribution is -2.14. The van der Waals surface area contributed by atoms with Crippen LogP contribution in [0.2, 0.25) is 0 Å². The second kappa shape index (κ2) is 4.65. The minimum Gasteiger partial charge on any atom is -0.496 e. The van der Waals surface area contributed by atoms with Crippen molar-refractivity contribution in [1.29, 1.82) is 0 Å². The second-order valence-corrected chi connectivity index (χ2v) is 3.47. The van der Waals surface area contributed by atoms with Crippen molar-refractivity contribution in [3.63, 3.8) is 0 Å². The number of hydrogen-bond donors (Lipinski definition) is 1. The predicted molar refractivity (Wildman–Crippen MR) is 64.7 cm³/mol. The Balaban J connectivity index is 2.66. The molecule has 0 unspecified atom stereocenters. The molecule has 0 aliphatic heterocycles. The third-order valence-electron chi connectivity index (χ3n) is 2.43. The van der Waals surface area contributed by atoms with E-state index in [-0.39, 0.29) is 0 Å². The Labute approximate surface area is 99.1 Å². The smallest absolute Gasteiger partial charge is 0.254 e. The molecular formula is C13H12N2O2. The van der Waals surface area contributed by atoms with Gasteiger partial charge < -0.3 is 10.5 Å². The molecule has 86 valence electrons. The number of nitrogens with zero attached hydrogens (tertiary/aromatic N) is 1. The average molecular weight is 228 g/mol. The zero-order valence-corrected chi connectivity index (χ0v) is 9.38. The van der Waals surface area contributed by atoms with Crippen LogP contribution in [-0.2, 0) is 0 Å². The lowest BCUT2D eigenvalue weighted by atomic mass is 10.0. The number of amides is 1. The van der Waals surface area contributed by atoms with Crippen LogP contribution >= 0.6 is 0 Å². The van der Waals surface area contributed by atoms with Crippen LogP contribution in [0.25, 0.3) is 11.3 Å². The number of pyridine rings is 1. The molecular weight excluding hydrogens is 216 g/mol. The molecule has 2 aromatic rings. The molecule has 0 bridgehead atoms. The van der Waals surface area contributed by atoms with Crippen molar-refractivity contribution in [2.45, 2.75) is 0 Å². The number of ether oxygens (including phenoxy) is 1. The first-order chi connectivity index (χ1) is 8.24. The van der Waals surface area contributed by atoms with Gasteiger partial charge in [-0.15, -0.1) is 0 Å². The van der Waals surface area contributed by atoms with Gasteiger partial charge >= 0.3 is 0 Å². The Morgan fingerprint density at radius 3 is 2.53 bits per heavy atom. The Bertz CT molecular complexity index is 538. The summed E-state index contributed by atoms with van der Waals surface area (Å²) in [7, 11) is 1.50. The molecule has 17 heavy (non-hydrogen) atoms. The highest BCUT2D eigenvalue weighted by Gasteiger charge is 2.16. The van der Waals surface area contributed by atoms with Crippen molar-refractivity contribution in [3.8, 4) is 17.0 Å². The number of aromatic nitrogens is 1. The van der Waals surface area contributed by atoms with Crippen molar-refractivity contribution < 1.29 is 9.53 Å². The summed E-state index contributed by atoms with van der Waals surface area (Å²) in [6.45, 7) is 0. The minimum atomic E-state index is -0.547. The van der Waals surface area contributed by atoms with E-state index in [0.717, 1.165) is 5.56 Å². The van der Waals surface area contributed by atoms with Crippen LogP contribution in [0.3, 0.4) is 0 Å². The van der Waals surface area contributed by atoms with Gasteiger partial charge in [-0.05, 0) is 6.07 Å². The fourth-order valence-corrected chi connectivity index (χ4v) is 1.67. The lowest BCUT2D eigenvalue weighted by molar-refractivity contribution is 0.0997. The number of nitrogens with two attached hydrogens (primary N) is 1. The molecule has 0 atom stereocenters. The summed E-state index contributed by atoms with van der Waals surface area (Å²) in [6, 6.07) is 11.0. The fourth-order valence-electron chi connectivity index (χ4n) is 1.67. The van der Waals surface area contributed by atoms with Crippen molar-refractivity contribution in [3.05, 3.63) is 48.2 Å². The Morgan fingerprint density at radius 2 is 1.94 bits per heavy atom. The summed E-state index contributed by atoms with van der Waals surface area (Å²) in [5.41, 5.74) is 7.05. The molecule has 1 amide bonds. The number of carbonyl (C=O) groups excluding carboxylic acids is 1. The highest BCUT2D eigenvalue weighted by Crippen LogP contribution is 2.27. The van der Waals surface area contributed by atoms with E-state index in [1.165, 1.54) is 7.11 Å². The monoisotopic (exact) mass is 228 g/mol. The summed E-state index contributed by atoms with van der Waals surface area (Å²) in [5, 5.41) is 0. The molecule has 1 aromatic carbocycles. The molecule has 0 saturated heterocycles. The fraction of sp³-hybridized carbons (Fsp3) is 0.0769. The van der Waals surface area contributed by atoms with E-state index in [1.807, 2.05) is 30.3 Å². The number of benzene rings is 1. The maximum atomic E-state index is 11.5. The summed E-state index contributed by atoms with van der Waals surface area (Å²) < 4.78 is 5.13. The third-order valence-corrected chi connectivity index (χ3v) is 2.43. The third kappa shape index (κ3) is 2.10. The van der Waals surface area contributed by atoms with Gasteiger partial charge in [-0.2, -0.15) is 0 Å². The normalized spacial score (nSPS) is 9.94. The van der Waals surface area contributed by atoms with Crippen LogP contribution in [0.1, 0.15) is 10.4 Å². The molecule has 0 radical (unpaired) electrons. The van der Waals surface area contributed by atoms with E-state index in [1.54, 1.807) is 12.3 Å². The highest BCUT2D eigenvalue weighted by atomic mass is 16.5. The van der Waals surface area contributed by atoms with E-state index in [4.69, 9.17) is 10.5 Å². The van der Waals surface area contributed by atoms with Crippen LogP contribution < -0.4 is 10.5 Å². The first-order valence-corrected chi connectivity index (χ1v) is 5.12. The van der Waals surface area contributed by atoms with Crippen molar-refractivity contribution >= 4 is 5.91 Å². The largest absolute Gasteiger partial charge is 0.496 e. The molecule has 0 fully saturated rings. The maximum absolute atomic E-state index is 11.5. The van der Waals surface area contributed by atoms with E-state index in [9.17, 15) is 4.79 Å². The molecule has 1 aromatic heterocycles. The first kappa shape index (κ1) is 11.1. The molecule has 0 saturated carbocycles. The van der Waals surface area contributed by atoms with Gasteiger partial charge in [0.1, 0.15) is 11.3 Å².